The molecule has 0 radical (unpaired) electrons. The van der Waals surface area contributed by atoms with E-state index in [1.165, 1.54) is 9.13 Å². The topological polar surface area (TPSA) is 75.5 Å². The van der Waals surface area contributed by atoms with Crippen LogP contribution in [0.15, 0.2) is 46.1 Å². The molecule has 0 atom stereocenters. The van der Waals surface area contributed by atoms with Gasteiger partial charge in [-0.2, -0.15) is 4.98 Å². The zero-order chi connectivity index (χ0) is 20.0. The van der Waals surface area contributed by atoms with Crippen LogP contribution in [0.1, 0.15) is 19.9 Å². The Morgan fingerprint density at radius 1 is 1.14 bits per heavy atom. The summed E-state index contributed by atoms with van der Waals surface area (Å²) in [4.78, 5) is 30.4. The summed E-state index contributed by atoms with van der Waals surface area (Å²) < 4.78 is 11.6. The van der Waals surface area contributed by atoms with E-state index >= 15 is 0 Å². The van der Waals surface area contributed by atoms with Crippen molar-refractivity contribution in [3.05, 3.63) is 57.4 Å². The predicted octanol–water partition coefficient (Wildman–Crippen LogP) is 2.04. The highest BCUT2D eigenvalue weighted by Crippen LogP contribution is 2.28. The van der Waals surface area contributed by atoms with E-state index in [1.54, 1.807) is 18.6 Å². The van der Waals surface area contributed by atoms with E-state index in [2.05, 4.69) is 23.4 Å². The Morgan fingerprint density at radius 3 is 2.50 bits per heavy atom. The molecule has 28 heavy (non-hydrogen) atoms. The van der Waals surface area contributed by atoms with Gasteiger partial charge in [0.25, 0.3) is 5.56 Å². The van der Waals surface area contributed by atoms with Crippen molar-refractivity contribution in [1.82, 2.24) is 23.1 Å². The first-order valence-corrected chi connectivity index (χ1v) is 9.23. The number of aromatic nitrogens is 5. The minimum Gasteiger partial charge on any atom is -0.383 e. The number of imidazole rings is 2. The van der Waals surface area contributed by atoms with Crippen LogP contribution in [0.5, 0.6) is 0 Å². The minimum absolute atomic E-state index is 0.122. The van der Waals surface area contributed by atoms with Gasteiger partial charge in [-0.3, -0.25) is 18.3 Å². The fourth-order valence-electron chi connectivity index (χ4n) is 3.62. The van der Waals surface area contributed by atoms with E-state index in [-0.39, 0.29) is 24.8 Å². The van der Waals surface area contributed by atoms with Crippen LogP contribution in [0.4, 0.5) is 0 Å². The highest BCUT2D eigenvalue weighted by molar-refractivity contribution is 5.78. The lowest BCUT2D eigenvalue weighted by atomic mass is 10.1. The van der Waals surface area contributed by atoms with Crippen molar-refractivity contribution < 1.29 is 4.74 Å². The smallest absolute Gasteiger partial charge is 0.332 e. The van der Waals surface area contributed by atoms with E-state index in [1.807, 2.05) is 36.5 Å². The summed E-state index contributed by atoms with van der Waals surface area (Å²) in [7, 11) is 3.18. The average molecular weight is 381 g/mol. The van der Waals surface area contributed by atoms with Gasteiger partial charge in [0, 0.05) is 26.4 Å². The predicted molar refractivity (Wildman–Crippen MR) is 108 cm³/mol. The van der Waals surface area contributed by atoms with Crippen molar-refractivity contribution in [2.75, 3.05) is 13.7 Å². The molecular formula is C20H23N5O3. The van der Waals surface area contributed by atoms with Crippen molar-refractivity contribution >= 4 is 16.9 Å². The first-order chi connectivity index (χ1) is 13.5. The fraction of sp³-hybridized carbons (Fsp3) is 0.350. The molecule has 0 saturated heterocycles. The summed E-state index contributed by atoms with van der Waals surface area (Å²) >= 11 is 0. The molecule has 4 aromatic rings. The third-order valence-corrected chi connectivity index (χ3v) is 4.99. The first kappa shape index (κ1) is 18.2. The van der Waals surface area contributed by atoms with Crippen LogP contribution in [0, 0.1) is 0 Å². The molecule has 0 fully saturated rings. The summed E-state index contributed by atoms with van der Waals surface area (Å²) in [6.45, 7) is 4.62. The minimum atomic E-state index is -0.394. The number of benzene rings is 1. The quantitative estimate of drug-likeness (QED) is 0.530. The van der Waals surface area contributed by atoms with Gasteiger partial charge < -0.3 is 9.30 Å². The molecule has 0 aliphatic heterocycles. The Kier molecular flexibility index (Phi) is 4.43. The van der Waals surface area contributed by atoms with Crippen LogP contribution < -0.4 is 11.2 Å². The summed E-state index contributed by atoms with van der Waals surface area (Å²) in [6.07, 6.45) is 1.92. The number of aryl methyl sites for hydroxylation is 1. The van der Waals surface area contributed by atoms with Gasteiger partial charge in [-0.25, -0.2) is 4.79 Å². The maximum Gasteiger partial charge on any atom is 0.332 e. The van der Waals surface area contributed by atoms with Crippen LogP contribution >= 0.6 is 0 Å². The Hall–Kier alpha value is -3.13. The lowest BCUT2D eigenvalue weighted by Crippen LogP contribution is -2.40. The van der Waals surface area contributed by atoms with Crippen molar-refractivity contribution in [1.29, 1.82) is 0 Å². The number of methoxy groups -OCH3 is 1. The van der Waals surface area contributed by atoms with Crippen molar-refractivity contribution in [3.8, 4) is 11.3 Å². The molecule has 146 valence electrons. The molecule has 0 N–H and O–H groups in total. The molecule has 0 bridgehead atoms. The standard InChI is InChI=1S/C20H23N5O3/c1-13(2)25-15(14-8-6-5-7-9-14)12-24-16-17(21-19(24)25)22(3)20(27)23(18(16)26)10-11-28-4/h5-9,12-13H,10-11H2,1-4H3. The molecule has 0 saturated carbocycles. The van der Waals surface area contributed by atoms with E-state index < -0.39 is 5.69 Å². The van der Waals surface area contributed by atoms with Crippen LogP contribution in [-0.4, -0.2) is 36.8 Å². The summed E-state index contributed by atoms with van der Waals surface area (Å²) in [5.41, 5.74) is 2.03. The lowest BCUT2D eigenvalue weighted by Gasteiger charge is -2.12. The lowest BCUT2D eigenvalue weighted by molar-refractivity contribution is 0.184. The molecule has 0 spiro atoms. The maximum absolute atomic E-state index is 13.1. The Balaban J connectivity index is 2.11. The molecule has 4 rings (SSSR count). The molecule has 0 amide bonds. The molecule has 0 unspecified atom stereocenters. The number of hydrogen-bond donors (Lipinski definition) is 0. The van der Waals surface area contributed by atoms with Gasteiger partial charge in [0.15, 0.2) is 11.2 Å². The highest BCUT2D eigenvalue weighted by Gasteiger charge is 2.22. The second-order valence-corrected chi connectivity index (χ2v) is 7.09. The molecule has 0 aliphatic carbocycles. The Morgan fingerprint density at radius 2 is 1.86 bits per heavy atom. The normalized spacial score (nSPS) is 11.9. The van der Waals surface area contributed by atoms with Gasteiger partial charge in [-0.15, -0.1) is 0 Å². The molecule has 8 heteroatoms. The van der Waals surface area contributed by atoms with E-state index in [0.717, 1.165) is 11.3 Å². The molecule has 8 nitrogen and oxygen atoms in total. The molecule has 3 heterocycles. The fourth-order valence-corrected chi connectivity index (χ4v) is 3.62. The largest absolute Gasteiger partial charge is 0.383 e. The third-order valence-electron chi connectivity index (χ3n) is 4.99. The van der Waals surface area contributed by atoms with E-state index in [4.69, 9.17) is 4.74 Å². The second-order valence-electron chi connectivity index (χ2n) is 7.09. The summed E-state index contributed by atoms with van der Waals surface area (Å²) in [5.74, 6) is 0.639. The van der Waals surface area contributed by atoms with Crippen LogP contribution in [0.3, 0.4) is 0 Å². The molecule has 3 aromatic heterocycles. The van der Waals surface area contributed by atoms with Gasteiger partial charge in [-0.05, 0) is 19.4 Å². The second kappa shape index (κ2) is 6.79. The number of hydrogen-bond acceptors (Lipinski definition) is 4. The highest BCUT2D eigenvalue weighted by atomic mass is 16.5. The van der Waals surface area contributed by atoms with Gasteiger partial charge >= 0.3 is 5.69 Å². The Labute approximate surface area is 161 Å². The number of fused-ring (bicyclic) bond motifs is 3. The summed E-state index contributed by atoms with van der Waals surface area (Å²) in [6, 6.07) is 10.1. The molecule has 0 aliphatic rings. The number of rotatable bonds is 5. The Bertz CT molecular complexity index is 1270. The zero-order valence-corrected chi connectivity index (χ0v) is 16.4. The molecule has 1 aromatic carbocycles. The van der Waals surface area contributed by atoms with E-state index in [9.17, 15) is 9.59 Å². The van der Waals surface area contributed by atoms with Gasteiger partial charge in [0.2, 0.25) is 5.78 Å². The van der Waals surface area contributed by atoms with E-state index in [0.29, 0.717) is 16.9 Å². The van der Waals surface area contributed by atoms with Crippen molar-refractivity contribution in [2.24, 2.45) is 7.05 Å². The van der Waals surface area contributed by atoms with Gasteiger partial charge in [0.05, 0.1) is 18.8 Å². The monoisotopic (exact) mass is 381 g/mol. The maximum atomic E-state index is 13.1. The summed E-state index contributed by atoms with van der Waals surface area (Å²) in [5, 5.41) is 0. The van der Waals surface area contributed by atoms with Gasteiger partial charge in [0.1, 0.15) is 0 Å². The average Bonchev–Trinajstić information content (AvgIpc) is 3.23. The zero-order valence-electron chi connectivity index (χ0n) is 16.4. The third kappa shape index (κ3) is 2.60. The number of nitrogens with zero attached hydrogens (tertiary/aromatic N) is 5. The van der Waals surface area contributed by atoms with Crippen molar-refractivity contribution in [2.45, 2.75) is 26.4 Å². The van der Waals surface area contributed by atoms with Crippen LogP contribution in [0.25, 0.3) is 28.2 Å². The van der Waals surface area contributed by atoms with Gasteiger partial charge in [-0.1, -0.05) is 30.3 Å². The SMILES string of the molecule is COCCn1c(=O)c2c(nc3n(C(C)C)c(-c4ccccc4)cn23)n(C)c1=O. The first-order valence-electron chi connectivity index (χ1n) is 9.23. The van der Waals surface area contributed by atoms with Crippen LogP contribution in [-0.2, 0) is 18.3 Å². The van der Waals surface area contributed by atoms with Crippen LogP contribution in [0.2, 0.25) is 0 Å². The van der Waals surface area contributed by atoms with Crippen molar-refractivity contribution in [3.63, 3.8) is 0 Å². The molecular weight excluding hydrogens is 358 g/mol. The number of ether oxygens (including phenoxy) is 1.